The molecule has 110 valence electrons. The standard InChI is InChI=1S/C16H21NO2.ClH/c1-3-10-19-15-9-8-13(11-16(15)18-2)12-17-14-6-4-5-7-14;/h1,8-9,11,14,17H,4-7,10,12H2,2H3;1H. The van der Waals surface area contributed by atoms with Crippen molar-refractivity contribution in [2.24, 2.45) is 0 Å². The molecule has 2 rings (SSSR count). The molecule has 0 radical (unpaired) electrons. The van der Waals surface area contributed by atoms with E-state index in [1.165, 1.54) is 31.2 Å². The van der Waals surface area contributed by atoms with Gasteiger partial charge in [-0.3, -0.25) is 0 Å². The number of rotatable bonds is 6. The first-order chi connectivity index (χ1) is 9.33. The molecule has 1 saturated carbocycles. The van der Waals surface area contributed by atoms with E-state index in [1.807, 2.05) is 12.1 Å². The van der Waals surface area contributed by atoms with E-state index >= 15 is 0 Å². The van der Waals surface area contributed by atoms with Gasteiger partial charge in [0.1, 0.15) is 6.61 Å². The van der Waals surface area contributed by atoms with Gasteiger partial charge in [0.2, 0.25) is 0 Å². The van der Waals surface area contributed by atoms with Crippen molar-refractivity contribution in [2.75, 3.05) is 13.7 Å². The molecule has 1 aromatic rings. The second-order valence-electron chi connectivity index (χ2n) is 4.84. The average molecular weight is 296 g/mol. The molecule has 0 heterocycles. The molecule has 0 bridgehead atoms. The first kappa shape index (κ1) is 16.7. The molecule has 1 aliphatic rings. The molecule has 1 fully saturated rings. The van der Waals surface area contributed by atoms with Gasteiger partial charge >= 0.3 is 0 Å². The Labute approximate surface area is 127 Å². The Kier molecular flexibility index (Phi) is 7.28. The zero-order valence-electron chi connectivity index (χ0n) is 11.9. The van der Waals surface area contributed by atoms with Crippen LogP contribution in [0.25, 0.3) is 0 Å². The molecular formula is C16H22ClNO2. The molecule has 0 spiro atoms. The molecule has 0 aliphatic heterocycles. The van der Waals surface area contributed by atoms with Gasteiger partial charge in [0.25, 0.3) is 0 Å². The van der Waals surface area contributed by atoms with Crippen molar-refractivity contribution in [1.82, 2.24) is 5.32 Å². The van der Waals surface area contributed by atoms with E-state index in [9.17, 15) is 0 Å². The Morgan fingerprint density at radius 2 is 2.05 bits per heavy atom. The smallest absolute Gasteiger partial charge is 0.162 e. The fourth-order valence-corrected chi connectivity index (χ4v) is 2.45. The van der Waals surface area contributed by atoms with Gasteiger partial charge < -0.3 is 14.8 Å². The highest BCUT2D eigenvalue weighted by molar-refractivity contribution is 5.85. The Hall–Kier alpha value is -1.37. The van der Waals surface area contributed by atoms with E-state index < -0.39 is 0 Å². The van der Waals surface area contributed by atoms with Crippen molar-refractivity contribution in [1.29, 1.82) is 0 Å². The Morgan fingerprint density at radius 3 is 2.70 bits per heavy atom. The van der Waals surface area contributed by atoms with Gasteiger partial charge in [-0.05, 0) is 30.5 Å². The highest BCUT2D eigenvalue weighted by Gasteiger charge is 2.14. The van der Waals surface area contributed by atoms with Crippen LogP contribution in [0.2, 0.25) is 0 Å². The molecule has 0 amide bonds. The highest BCUT2D eigenvalue weighted by atomic mass is 35.5. The summed E-state index contributed by atoms with van der Waals surface area (Å²) in [7, 11) is 1.65. The van der Waals surface area contributed by atoms with E-state index in [0.717, 1.165) is 12.3 Å². The third-order valence-corrected chi connectivity index (χ3v) is 3.49. The third-order valence-electron chi connectivity index (χ3n) is 3.49. The van der Waals surface area contributed by atoms with Crippen LogP contribution < -0.4 is 14.8 Å². The number of terminal acetylenes is 1. The molecule has 3 nitrogen and oxygen atoms in total. The molecule has 0 saturated heterocycles. The van der Waals surface area contributed by atoms with Crippen LogP contribution in [0.3, 0.4) is 0 Å². The Morgan fingerprint density at radius 1 is 1.30 bits per heavy atom. The summed E-state index contributed by atoms with van der Waals surface area (Å²) >= 11 is 0. The second-order valence-corrected chi connectivity index (χ2v) is 4.84. The van der Waals surface area contributed by atoms with Crippen LogP contribution in [0.15, 0.2) is 18.2 Å². The summed E-state index contributed by atoms with van der Waals surface area (Å²) in [5.74, 6) is 3.89. The SMILES string of the molecule is C#CCOc1ccc(CNC2CCCC2)cc1OC.Cl. The van der Waals surface area contributed by atoms with Gasteiger partial charge in [-0.1, -0.05) is 24.8 Å². The molecule has 1 aromatic carbocycles. The van der Waals surface area contributed by atoms with Gasteiger partial charge in [-0.15, -0.1) is 18.8 Å². The van der Waals surface area contributed by atoms with Gasteiger partial charge in [-0.2, -0.15) is 0 Å². The average Bonchev–Trinajstić information content (AvgIpc) is 2.96. The molecule has 20 heavy (non-hydrogen) atoms. The second kappa shape index (κ2) is 8.73. The lowest BCUT2D eigenvalue weighted by Crippen LogP contribution is -2.25. The Bertz CT molecular complexity index is 450. The molecular weight excluding hydrogens is 274 g/mol. The maximum atomic E-state index is 5.43. The van der Waals surface area contributed by atoms with Crippen molar-refractivity contribution < 1.29 is 9.47 Å². The van der Waals surface area contributed by atoms with E-state index in [0.29, 0.717) is 11.8 Å². The molecule has 0 unspecified atom stereocenters. The topological polar surface area (TPSA) is 30.5 Å². The maximum Gasteiger partial charge on any atom is 0.162 e. The van der Waals surface area contributed by atoms with E-state index in [1.54, 1.807) is 7.11 Å². The number of nitrogens with one attached hydrogen (secondary N) is 1. The number of benzene rings is 1. The number of hydrogen-bond donors (Lipinski definition) is 1. The van der Waals surface area contributed by atoms with Crippen molar-refractivity contribution >= 4 is 12.4 Å². The summed E-state index contributed by atoms with van der Waals surface area (Å²) in [6.07, 6.45) is 10.5. The maximum absolute atomic E-state index is 5.43. The zero-order valence-corrected chi connectivity index (χ0v) is 12.7. The lowest BCUT2D eigenvalue weighted by molar-refractivity contribution is 0.330. The number of hydrogen-bond acceptors (Lipinski definition) is 3. The minimum Gasteiger partial charge on any atom is -0.493 e. The van der Waals surface area contributed by atoms with E-state index in [2.05, 4.69) is 17.3 Å². The number of halogens is 1. The molecule has 1 N–H and O–H groups in total. The normalized spacial score (nSPS) is 14.4. The first-order valence-electron chi connectivity index (χ1n) is 6.80. The fraction of sp³-hybridized carbons (Fsp3) is 0.500. The quantitative estimate of drug-likeness (QED) is 0.818. The van der Waals surface area contributed by atoms with Gasteiger partial charge in [0.05, 0.1) is 7.11 Å². The van der Waals surface area contributed by atoms with Crippen molar-refractivity contribution in [3.8, 4) is 23.8 Å². The van der Waals surface area contributed by atoms with Crippen LogP contribution in [0.5, 0.6) is 11.5 Å². The van der Waals surface area contributed by atoms with E-state index in [4.69, 9.17) is 15.9 Å². The number of ether oxygens (including phenoxy) is 2. The van der Waals surface area contributed by atoms with Crippen molar-refractivity contribution in [3.05, 3.63) is 23.8 Å². The third kappa shape index (κ3) is 4.63. The predicted octanol–water partition coefficient (Wildman–Crippen LogP) is 3.16. The minimum atomic E-state index is 0. The summed E-state index contributed by atoms with van der Waals surface area (Å²) in [5.41, 5.74) is 1.21. The lowest BCUT2D eigenvalue weighted by Gasteiger charge is -2.14. The summed E-state index contributed by atoms with van der Waals surface area (Å²) in [6, 6.07) is 6.65. The summed E-state index contributed by atoms with van der Waals surface area (Å²) in [4.78, 5) is 0. The van der Waals surface area contributed by atoms with Crippen molar-refractivity contribution in [2.45, 2.75) is 38.3 Å². The Balaban J connectivity index is 0.00000200. The summed E-state index contributed by atoms with van der Waals surface area (Å²) in [5, 5.41) is 3.58. The van der Waals surface area contributed by atoms with E-state index in [-0.39, 0.29) is 19.0 Å². The van der Waals surface area contributed by atoms with Crippen LogP contribution in [0, 0.1) is 12.3 Å². The lowest BCUT2D eigenvalue weighted by atomic mass is 10.1. The highest BCUT2D eigenvalue weighted by Crippen LogP contribution is 2.28. The first-order valence-corrected chi connectivity index (χ1v) is 6.80. The molecule has 0 atom stereocenters. The van der Waals surface area contributed by atoms with Gasteiger partial charge in [0.15, 0.2) is 11.5 Å². The minimum absolute atomic E-state index is 0. The largest absolute Gasteiger partial charge is 0.493 e. The number of methoxy groups -OCH3 is 1. The summed E-state index contributed by atoms with van der Waals surface area (Å²) < 4.78 is 10.8. The fourth-order valence-electron chi connectivity index (χ4n) is 2.45. The predicted molar refractivity (Wildman–Crippen MR) is 83.7 cm³/mol. The van der Waals surface area contributed by atoms with Crippen LogP contribution in [0.1, 0.15) is 31.2 Å². The van der Waals surface area contributed by atoms with Gasteiger partial charge in [0, 0.05) is 12.6 Å². The van der Waals surface area contributed by atoms with Crippen LogP contribution in [0.4, 0.5) is 0 Å². The summed E-state index contributed by atoms with van der Waals surface area (Å²) in [6.45, 7) is 1.13. The van der Waals surface area contributed by atoms with Crippen LogP contribution >= 0.6 is 12.4 Å². The van der Waals surface area contributed by atoms with Crippen LogP contribution in [-0.2, 0) is 6.54 Å². The van der Waals surface area contributed by atoms with Gasteiger partial charge in [-0.25, -0.2) is 0 Å². The van der Waals surface area contributed by atoms with Crippen LogP contribution in [-0.4, -0.2) is 19.8 Å². The molecule has 1 aliphatic carbocycles. The molecule has 4 heteroatoms. The zero-order chi connectivity index (χ0) is 13.5. The molecule has 0 aromatic heterocycles. The monoisotopic (exact) mass is 295 g/mol. The van der Waals surface area contributed by atoms with Crippen molar-refractivity contribution in [3.63, 3.8) is 0 Å².